The van der Waals surface area contributed by atoms with Crippen LogP contribution in [0.1, 0.15) is 58.8 Å². The first-order valence-corrected chi connectivity index (χ1v) is 16.3. The maximum absolute atomic E-state index is 14.5. The Morgan fingerprint density at radius 1 is 0.915 bits per heavy atom. The minimum Gasteiger partial charge on any atom is -0.488 e. The van der Waals surface area contributed by atoms with E-state index in [2.05, 4.69) is 10.1 Å². The third-order valence-corrected chi connectivity index (χ3v) is 10.8. The molecular weight excluding hydrogens is 647 g/mol. The highest BCUT2D eigenvalue weighted by Gasteiger charge is 2.62. The van der Waals surface area contributed by atoms with Crippen molar-refractivity contribution in [2.24, 2.45) is 0 Å². The Kier molecular flexibility index (Phi) is 8.55. The van der Waals surface area contributed by atoms with Gasteiger partial charge in [-0.15, -0.1) is 0 Å². The molecule has 2 aliphatic rings. The van der Waals surface area contributed by atoms with Crippen molar-refractivity contribution in [3.63, 3.8) is 0 Å². The van der Waals surface area contributed by atoms with Gasteiger partial charge in [-0.3, -0.25) is 0 Å². The lowest BCUT2D eigenvalue weighted by molar-refractivity contribution is -0.291. The van der Waals surface area contributed by atoms with E-state index in [0.29, 0.717) is 30.6 Å². The van der Waals surface area contributed by atoms with Crippen LogP contribution in [0.4, 0.5) is 22.0 Å². The molecule has 15 heteroatoms. The lowest BCUT2D eigenvalue weighted by Crippen LogP contribution is -2.39. The summed E-state index contributed by atoms with van der Waals surface area (Å²) in [6.07, 6.45) is -2.68. The maximum Gasteiger partial charge on any atom is 0.459 e. The number of benzene rings is 2. The van der Waals surface area contributed by atoms with Gasteiger partial charge >= 0.3 is 18.1 Å². The number of piperidine rings is 1. The van der Waals surface area contributed by atoms with Crippen LogP contribution in [0.25, 0.3) is 17.1 Å². The second kappa shape index (κ2) is 12.3. The highest BCUT2D eigenvalue weighted by atomic mass is 32.2. The van der Waals surface area contributed by atoms with E-state index in [9.17, 15) is 40.3 Å². The van der Waals surface area contributed by atoms with E-state index in [-0.39, 0.29) is 28.2 Å². The molecule has 6 rings (SSSR count). The largest absolute Gasteiger partial charge is 0.488 e. The number of alkyl halides is 5. The number of sulfonamides is 1. The molecule has 2 fully saturated rings. The topological polar surface area (TPSA) is 115 Å². The molecule has 0 radical (unpaired) electrons. The number of carbonyl (C=O) groups is 1. The summed E-state index contributed by atoms with van der Waals surface area (Å²) in [5, 5.41) is 12.6. The number of rotatable bonds is 10. The van der Waals surface area contributed by atoms with Crippen molar-refractivity contribution in [2.75, 3.05) is 13.1 Å². The third kappa shape index (κ3) is 6.46. The van der Waals surface area contributed by atoms with Crippen LogP contribution in [0, 0.1) is 0 Å². The number of aromatic carboxylic acids is 1. The van der Waals surface area contributed by atoms with E-state index in [1.54, 1.807) is 28.6 Å². The highest BCUT2D eigenvalue weighted by Crippen LogP contribution is 2.46. The van der Waals surface area contributed by atoms with Crippen LogP contribution in [-0.2, 0) is 22.6 Å². The SMILES string of the molecule is O=C(O)c1cnn(-c2cccc(-c3ccccc3OCc3ccc(C4CCN(S(=O)(=O)C5CC5)CC4)cc3)n2)c1C(F)(F)C(F)(F)F. The van der Waals surface area contributed by atoms with Gasteiger partial charge in [0, 0.05) is 18.7 Å². The van der Waals surface area contributed by atoms with Gasteiger partial charge in [-0.05, 0) is 67.0 Å². The number of para-hydroxylation sites is 1. The predicted molar refractivity (Wildman–Crippen MR) is 160 cm³/mol. The molecule has 2 aromatic carbocycles. The number of pyridine rings is 1. The Labute approximate surface area is 266 Å². The van der Waals surface area contributed by atoms with E-state index in [4.69, 9.17) is 4.74 Å². The Balaban J connectivity index is 1.18. The number of ether oxygens (including phenoxy) is 1. The molecule has 1 N–H and O–H groups in total. The first-order valence-electron chi connectivity index (χ1n) is 14.8. The molecule has 3 heterocycles. The summed E-state index contributed by atoms with van der Waals surface area (Å²) in [7, 11) is -3.18. The molecule has 4 aromatic rings. The Bertz CT molecular complexity index is 1880. The van der Waals surface area contributed by atoms with Gasteiger partial charge < -0.3 is 9.84 Å². The molecule has 1 aliphatic heterocycles. The van der Waals surface area contributed by atoms with E-state index >= 15 is 0 Å². The zero-order valence-electron chi connectivity index (χ0n) is 24.7. The molecule has 9 nitrogen and oxygen atoms in total. The van der Waals surface area contributed by atoms with Crippen molar-refractivity contribution in [3.05, 3.63) is 95.3 Å². The molecule has 0 amide bonds. The minimum atomic E-state index is -6.08. The molecule has 47 heavy (non-hydrogen) atoms. The number of hydrogen-bond acceptors (Lipinski definition) is 6. The van der Waals surface area contributed by atoms with E-state index in [0.717, 1.165) is 42.9 Å². The van der Waals surface area contributed by atoms with Gasteiger partial charge in [0.15, 0.2) is 5.82 Å². The van der Waals surface area contributed by atoms with Crippen LogP contribution >= 0.6 is 0 Å². The summed E-state index contributed by atoms with van der Waals surface area (Å²) < 4.78 is 102. The van der Waals surface area contributed by atoms with E-state index in [1.807, 2.05) is 24.3 Å². The fourth-order valence-corrected chi connectivity index (χ4v) is 7.55. The fraction of sp³-hybridized carbons (Fsp3) is 0.344. The summed E-state index contributed by atoms with van der Waals surface area (Å²) in [6.45, 7) is 1.17. The maximum atomic E-state index is 14.5. The lowest BCUT2D eigenvalue weighted by Gasteiger charge is -2.31. The minimum absolute atomic E-state index is 0.151. The highest BCUT2D eigenvalue weighted by molar-refractivity contribution is 7.90. The van der Waals surface area contributed by atoms with E-state index in [1.165, 1.54) is 12.1 Å². The van der Waals surface area contributed by atoms with Gasteiger partial charge in [0.2, 0.25) is 10.0 Å². The van der Waals surface area contributed by atoms with Gasteiger partial charge in [-0.2, -0.15) is 27.1 Å². The number of carboxylic acid groups (broad SMARTS) is 1. The summed E-state index contributed by atoms with van der Waals surface area (Å²) >= 11 is 0. The van der Waals surface area contributed by atoms with Crippen LogP contribution in [0.5, 0.6) is 5.75 Å². The van der Waals surface area contributed by atoms with Gasteiger partial charge in [-0.1, -0.05) is 42.5 Å². The second-order valence-corrected chi connectivity index (χ2v) is 13.7. The molecule has 248 valence electrons. The van der Waals surface area contributed by atoms with E-state index < -0.39 is 45.2 Å². The third-order valence-electron chi connectivity index (χ3n) is 8.37. The number of nitrogens with zero attached hydrogens (tertiary/aromatic N) is 4. The average Bonchev–Trinajstić information content (AvgIpc) is 3.82. The average molecular weight is 677 g/mol. The van der Waals surface area contributed by atoms with Crippen molar-refractivity contribution in [1.29, 1.82) is 0 Å². The molecule has 1 aliphatic carbocycles. The molecule has 0 bridgehead atoms. The Morgan fingerprint density at radius 2 is 1.60 bits per heavy atom. The lowest BCUT2D eigenvalue weighted by atomic mass is 9.90. The monoisotopic (exact) mass is 676 g/mol. The molecule has 0 atom stereocenters. The number of aromatic nitrogens is 3. The summed E-state index contributed by atoms with van der Waals surface area (Å²) in [4.78, 5) is 15.8. The van der Waals surface area contributed by atoms with Crippen LogP contribution in [0.3, 0.4) is 0 Å². The first kappa shape index (κ1) is 32.6. The second-order valence-electron chi connectivity index (χ2n) is 11.5. The van der Waals surface area contributed by atoms with Gasteiger partial charge in [-0.25, -0.2) is 27.2 Å². The standard InChI is InChI=1S/C32H29F5N4O5S/c33-31(34,32(35,36)37)29-25(30(42)43)18-38-41(29)28-7-3-5-26(39-28)24-4-1-2-6-27(24)46-19-20-8-10-21(11-9-20)22-14-16-40(17-15-22)47(44,45)23-12-13-23/h1-11,18,22-23H,12-17,19H2,(H,42,43). The van der Waals surface area contributed by atoms with Gasteiger partial charge in [0.25, 0.3) is 0 Å². The number of hydrogen-bond donors (Lipinski definition) is 1. The van der Waals surface area contributed by atoms with Crippen molar-refractivity contribution in [3.8, 4) is 22.8 Å². The Morgan fingerprint density at radius 3 is 2.23 bits per heavy atom. The zero-order chi connectivity index (χ0) is 33.6. The number of halogens is 5. The van der Waals surface area contributed by atoms with Crippen molar-refractivity contribution < 1.29 is 45.0 Å². The Hall–Kier alpha value is -4.37. The molecule has 1 saturated heterocycles. The molecule has 2 aromatic heterocycles. The summed E-state index contributed by atoms with van der Waals surface area (Å²) in [5.74, 6) is -7.37. The molecule has 0 unspecified atom stereocenters. The van der Waals surface area contributed by atoms with Gasteiger partial charge in [0.1, 0.15) is 23.6 Å². The summed E-state index contributed by atoms with van der Waals surface area (Å²) in [6, 6.07) is 18.5. The first-order chi connectivity index (χ1) is 22.3. The van der Waals surface area contributed by atoms with Crippen LogP contribution < -0.4 is 4.74 Å². The molecule has 1 saturated carbocycles. The van der Waals surface area contributed by atoms with Crippen molar-refractivity contribution in [2.45, 2.75) is 55.6 Å². The number of carboxylic acids is 1. The van der Waals surface area contributed by atoms with Gasteiger partial charge in [0.05, 0.1) is 17.1 Å². The molecule has 0 spiro atoms. The normalized spacial score (nSPS) is 16.7. The smallest absolute Gasteiger partial charge is 0.459 e. The summed E-state index contributed by atoms with van der Waals surface area (Å²) in [5.41, 5.74) is -0.634. The predicted octanol–water partition coefficient (Wildman–Crippen LogP) is 6.54. The fourth-order valence-electron chi connectivity index (χ4n) is 5.68. The van der Waals surface area contributed by atoms with Crippen molar-refractivity contribution >= 4 is 16.0 Å². The van der Waals surface area contributed by atoms with Crippen LogP contribution in [-0.4, -0.2) is 63.1 Å². The zero-order valence-corrected chi connectivity index (χ0v) is 25.5. The molecular formula is C32H29F5N4O5S. The quantitative estimate of drug-likeness (QED) is 0.190. The van der Waals surface area contributed by atoms with Crippen LogP contribution in [0.15, 0.2) is 72.9 Å². The van der Waals surface area contributed by atoms with Crippen molar-refractivity contribution in [1.82, 2.24) is 19.1 Å². The van der Waals surface area contributed by atoms with Crippen LogP contribution in [0.2, 0.25) is 0 Å².